The molecule has 0 saturated heterocycles. The number of benzene rings is 1. The Kier molecular flexibility index (Phi) is 5.82. The van der Waals surface area contributed by atoms with E-state index in [1.807, 2.05) is 0 Å². The molecule has 7 nitrogen and oxygen atoms in total. The summed E-state index contributed by atoms with van der Waals surface area (Å²) in [5, 5.41) is 10.5. The molecule has 1 aromatic carbocycles. The van der Waals surface area contributed by atoms with Gasteiger partial charge in [-0.25, -0.2) is 0 Å². The fourth-order valence-corrected chi connectivity index (χ4v) is 2.83. The van der Waals surface area contributed by atoms with Gasteiger partial charge in [0.15, 0.2) is 11.4 Å². The first-order chi connectivity index (χ1) is 12.3. The van der Waals surface area contributed by atoms with Gasteiger partial charge in [-0.15, -0.1) is 0 Å². The second-order valence-electron chi connectivity index (χ2n) is 5.90. The molecule has 0 radical (unpaired) electrons. The molecule has 1 N–H and O–H groups in total. The first kappa shape index (κ1) is 19.2. The Morgan fingerprint density at radius 1 is 1.12 bits per heavy atom. The van der Waals surface area contributed by atoms with Crippen LogP contribution in [0, 0.1) is 0 Å². The summed E-state index contributed by atoms with van der Waals surface area (Å²) in [6.45, 7) is 4.35. The molecule has 0 bridgehead atoms. The molecular formula is C19H21NO6. The van der Waals surface area contributed by atoms with E-state index >= 15 is 0 Å². The molecule has 1 heterocycles. The number of nitrogens with zero attached hydrogens (tertiary/aromatic N) is 1. The first-order valence-electron chi connectivity index (χ1n) is 8.07. The van der Waals surface area contributed by atoms with Crippen LogP contribution in [0.15, 0.2) is 47.4 Å². The van der Waals surface area contributed by atoms with Gasteiger partial charge in [0, 0.05) is 31.7 Å². The van der Waals surface area contributed by atoms with Crippen LogP contribution in [0.5, 0.6) is 5.75 Å². The Hall–Kier alpha value is -3.09. The predicted molar refractivity (Wildman–Crippen MR) is 93.7 cm³/mol. The maximum atomic E-state index is 12.0. The Morgan fingerprint density at radius 3 is 2.35 bits per heavy atom. The standard InChI is InChI=1S/C19H21NO6/c1-13(21)25-12-11-20-10-9-16(23)17(24)18(20)19(3,26-14(2)22)15-7-5-4-6-8-15/h4-10,24H,11-12H2,1-3H3. The molecule has 138 valence electrons. The maximum Gasteiger partial charge on any atom is 0.303 e. The van der Waals surface area contributed by atoms with E-state index in [0.717, 1.165) is 0 Å². The van der Waals surface area contributed by atoms with E-state index in [1.54, 1.807) is 37.3 Å². The highest BCUT2D eigenvalue weighted by Crippen LogP contribution is 2.37. The molecule has 0 aliphatic carbocycles. The second-order valence-corrected chi connectivity index (χ2v) is 5.90. The van der Waals surface area contributed by atoms with E-state index in [0.29, 0.717) is 5.56 Å². The van der Waals surface area contributed by atoms with Crippen LogP contribution in [0.1, 0.15) is 32.0 Å². The summed E-state index contributed by atoms with van der Waals surface area (Å²) in [4.78, 5) is 34.8. The third-order valence-electron chi connectivity index (χ3n) is 3.91. The van der Waals surface area contributed by atoms with Crippen LogP contribution in [0.2, 0.25) is 0 Å². The summed E-state index contributed by atoms with van der Waals surface area (Å²) in [5.74, 6) is -1.54. The molecule has 0 spiro atoms. The van der Waals surface area contributed by atoms with Gasteiger partial charge in [0.2, 0.25) is 5.43 Å². The number of aromatic nitrogens is 1. The third-order valence-corrected chi connectivity index (χ3v) is 3.91. The number of ether oxygens (including phenoxy) is 2. The normalized spacial score (nSPS) is 12.9. The van der Waals surface area contributed by atoms with E-state index in [1.165, 1.54) is 30.7 Å². The summed E-state index contributed by atoms with van der Waals surface area (Å²) in [5.41, 5.74) is -1.32. The van der Waals surface area contributed by atoms with Crippen LogP contribution >= 0.6 is 0 Å². The van der Waals surface area contributed by atoms with E-state index in [9.17, 15) is 19.5 Å². The molecule has 1 atom stereocenters. The quantitative estimate of drug-likeness (QED) is 0.792. The highest BCUT2D eigenvalue weighted by atomic mass is 16.6. The Balaban J connectivity index is 2.63. The number of hydrogen-bond donors (Lipinski definition) is 1. The van der Waals surface area contributed by atoms with Crippen molar-refractivity contribution < 1.29 is 24.2 Å². The average molecular weight is 359 g/mol. The zero-order valence-corrected chi connectivity index (χ0v) is 14.9. The van der Waals surface area contributed by atoms with Gasteiger partial charge in [0.25, 0.3) is 0 Å². The number of rotatable bonds is 6. The van der Waals surface area contributed by atoms with Gasteiger partial charge in [-0.3, -0.25) is 14.4 Å². The lowest BCUT2D eigenvalue weighted by Gasteiger charge is -2.32. The fraction of sp³-hybridized carbons (Fsp3) is 0.316. The minimum Gasteiger partial charge on any atom is -0.503 e. The zero-order valence-electron chi connectivity index (χ0n) is 14.9. The molecule has 0 aliphatic rings. The molecule has 26 heavy (non-hydrogen) atoms. The lowest BCUT2D eigenvalue weighted by atomic mass is 9.90. The van der Waals surface area contributed by atoms with Crippen LogP contribution < -0.4 is 5.43 Å². The summed E-state index contributed by atoms with van der Waals surface area (Å²) in [6, 6.07) is 9.99. The molecular weight excluding hydrogens is 338 g/mol. The smallest absolute Gasteiger partial charge is 0.303 e. The SMILES string of the molecule is CC(=O)OCCn1ccc(=O)c(O)c1C(C)(OC(C)=O)c1ccccc1. The molecule has 1 unspecified atom stereocenters. The van der Waals surface area contributed by atoms with Crippen molar-refractivity contribution in [3.05, 3.63) is 64.1 Å². The Labute approximate surface area is 150 Å². The number of pyridine rings is 1. The van der Waals surface area contributed by atoms with Crippen LogP contribution in [0.4, 0.5) is 0 Å². The summed E-state index contributed by atoms with van der Waals surface area (Å²) >= 11 is 0. The zero-order chi connectivity index (χ0) is 19.3. The lowest BCUT2D eigenvalue weighted by Crippen LogP contribution is -2.35. The molecule has 7 heteroatoms. The molecule has 0 aliphatic heterocycles. The monoisotopic (exact) mass is 359 g/mol. The average Bonchev–Trinajstić information content (AvgIpc) is 2.58. The van der Waals surface area contributed by atoms with Crippen molar-refractivity contribution in [2.45, 2.75) is 32.9 Å². The first-order valence-corrected chi connectivity index (χ1v) is 8.07. The van der Waals surface area contributed by atoms with Crippen molar-refractivity contribution >= 4 is 11.9 Å². The number of carbonyl (C=O) groups excluding carboxylic acids is 2. The van der Waals surface area contributed by atoms with E-state index in [-0.39, 0.29) is 18.8 Å². The van der Waals surface area contributed by atoms with Crippen LogP contribution in [0.3, 0.4) is 0 Å². The number of esters is 2. The fourth-order valence-electron chi connectivity index (χ4n) is 2.83. The van der Waals surface area contributed by atoms with Crippen molar-refractivity contribution in [2.75, 3.05) is 6.61 Å². The van der Waals surface area contributed by atoms with Crippen LogP contribution in [-0.2, 0) is 31.2 Å². The number of carbonyl (C=O) groups is 2. The maximum absolute atomic E-state index is 12.0. The van der Waals surface area contributed by atoms with Gasteiger partial charge in [0.1, 0.15) is 12.3 Å². The highest BCUT2D eigenvalue weighted by Gasteiger charge is 2.38. The van der Waals surface area contributed by atoms with E-state index in [2.05, 4.69) is 0 Å². The minimum atomic E-state index is -1.41. The van der Waals surface area contributed by atoms with E-state index < -0.39 is 28.7 Å². The molecule has 1 aromatic heterocycles. The van der Waals surface area contributed by atoms with Crippen LogP contribution in [-0.4, -0.2) is 28.2 Å². The van der Waals surface area contributed by atoms with Gasteiger partial charge in [-0.2, -0.15) is 0 Å². The highest BCUT2D eigenvalue weighted by molar-refractivity contribution is 5.67. The largest absolute Gasteiger partial charge is 0.503 e. The molecule has 2 aromatic rings. The summed E-state index contributed by atoms with van der Waals surface area (Å²) in [6.07, 6.45) is 1.46. The lowest BCUT2D eigenvalue weighted by molar-refractivity contribution is -0.153. The summed E-state index contributed by atoms with van der Waals surface area (Å²) < 4.78 is 12.0. The molecule has 2 rings (SSSR count). The Bertz CT molecular complexity index is 858. The van der Waals surface area contributed by atoms with Gasteiger partial charge in [0.05, 0.1) is 6.54 Å². The third kappa shape index (κ3) is 4.11. The molecule has 0 amide bonds. The predicted octanol–water partition coefficient (Wildman–Crippen LogP) is 1.94. The van der Waals surface area contributed by atoms with Crippen molar-refractivity contribution in [1.82, 2.24) is 4.57 Å². The van der Waals surface area contributed by atoms with Gasteiger partial charge >= 0.3 is 11.9 Å². The van der Waals surface area contributed by atoms with Crippen molar-refractivity contribution in [2.24, 2.45) is 0 Å². The summed E-state index contributed by atoms with van der Waals surface area (Å²) in [7, 11) is 0. The van der Waals surface area contributed by atoms with E-state index in [4.69, 9.17) is 9.47 Å². The van der Waals surface area contributed by atoms with Crippen molar-refractivity contribution in [3.63, 3.8) is 0 Å². The van der Waals surface area contributed by atoms with Gasteiger partial charge in [-0.1, -0.05) is 30.3 Å². The topological polar surface area (TPSA) is 94.8 Å². The van der Waals surface area contributed by atoms with Crippen molar-refractivity contribution in [3.8, 4) is 5.75 Å². The van der Waals surface area contributed by atoms with Gasteiger partial charge in [-0.05, 0) is 6.92 Å². The molecule has 0 saturated carbocycles. The second kappa shape index (κ2) is 7.86. The van der Waals surface area contributed by atoms with Crippen LogP contribution in [0.25, 0.3) is 0 Å². The molecule has 0 fully saturated rings. The minimum absolute atomic E-state index is 0.0373. The number of aromatic hydroxyl groups is 1. The Morgan fingerprint density at radius 2 is 1.77 bits per heavy atom. The van der Waals surface area contributed by atoms with Crippen molar-refractivity contribution in [1.29, 1.82) is 0 Å². The number of hydrogen-bond acceptors (Lipinski definition) is 6. The van der Waals surface area contributed by atoms with Gasteiger partial charge < -0.3 is 19.1 Å².